The molecule has 0 radical (unpaired) electrons. The molecule has 2 aromatic rings. The number of anilines is 1. The van der Waals surface area contributed by atoms with Gasteiger partial charge < -0.3 is 15.4 Å². The lowest BCUT2D eigenvalue weighted by Crippen LogP contribution is -2.11. The monoisotopic (exact) mass is 292 g/mol. The number of hydrogen-bond donors (Lipinski definition) is 1. The van der Waals surface area contributed by atoms with E-state index < -0.39 is 4.92 Å². The third-order valence-corrected chi connectivity index (χ3v) is 3.52. The van der Waals surface area contributed by atoms with Crippen LogP contribution in [0.4, 0.5) is 16.0 Å². The lowest BCUT2D eigenvalue weighted by molar-refractivity contribution is -0.388. The third kappa shape index (κ3) is 2.86. The number of hydrogen-bond acceptors (Lipinski definition) is 4. The molecule has 112 valence electrons. The second kappa shape index (κ2) is 5.51. The molecule has 0 amide bonds. The van der Waals surface area contributed by atoms with Crippen LogP contribution in [0.25, 0.3) is 0 Å². The molecule has 0 aliphatic rings. The maximum Gasteiger partial charge on any atom is 0.406 e. The third-order valence-electron chi connectivity index (χ3n) is 3.52. The van der Waals surface area contributed by atoms with Gasteiger partial charge in [-0.15, -0.1) is 0 Å². The first-order chi connectivity index (χ1) is 9.81. The summed E-state index contributed by atoms with van der Waals surface area (Å²) >= 11 is 0. The Bertz CT molecular complexity index is 697. The predicted molar refractivity (Wildman–Crippen MR) is 77.8 cm³/mol. The molecule has 1 atom stereocenters. The fraction of sp³-hybridized carbons (Fsp3) is 0.357. The molecular weight excluding hydrogens is 275 g/mol. The van der Waals surface area contributed by atoms with Gasteiger partial charge in [0.2, 0.25) is 11.6 Å². The van der Waals surface area contributed by atoms with E-state index in [9.17, 15) is 14.5 Å². The number of aromatic nitrogens is 2. The molecule has 21 heavy (non-hydrogen) atoms. The van der Waals surface area contributed by atoms with Crippen LogP contribution in [0.2, 0.25) is 0 Å². The molecule has 0 spiro atoms. The fourth-order valence-corrected chi connectivity index (χ4v) is 2.05. The Morgan fingerprint density at radius 3 is 2.67 bits per heavy atom. The first-order valence-electron chi connectivity index (χ1n) is 6.51. The highest BCUT2D eigenvalue weighted by molar-refractivity contribution is 5.54. The van der Waals surface area contributed by atoms with Crippen LogP contribution in [0.3, 0.4) is 0 Å². The Labute approximate surface area is 121 Å². The van der Waals surface area contributed by atoms with Gasteiger partial charge in [-0.2, -0.15) is 0 Å². The Kier molecular flexibility index (Phi) is 3.93. The number of aryl methyl sites for hydroxylation is 2. The van der Waals surface area contributed by atoms with Crippen molar-refractivity contribution in [2.45, 2.75) is 26.8 Å². The SMILES string of the molecule is Cc1ccc(C(C)Nc2c([N+](=O)[O-])nc(C)n2C)cc1F. The van der Waals surface area contributed by atoms with Crippen molar-refractivity contribution in [2.75, 3.05) is 5.32 Å². The molecule has 1 aromatic carbocycles. The minimum atomic E-state index is -0.530. The van der Waals surface area contributed by atoms with Crippen LogP contribution >= 0.6 is 0 Å². The number of benzene rings is 1. The lowest BCUT2D eigenvalue weighted by atomic mass is 10.1. The van der Waals surface area contributed by atoms with Crippen molar-refractivity contribution < 1.29 is 9.31 Å². The van der Waals surface area contributed by atoms with E-state index in [1.165, 1.54) is 6.07 Å². The normalized spacial score (nSPS) is 12.2. The summed E-state index contributed by atoms with van der Waals surface area (Å²) in [7, 11) is 1.69. The number of rotatable bonds is 4. The van der Waals surface area contributed by atoms with E-state index in [1.807, 2.05) is 6.92 Å². The molecule has 0 fully saturated rings. The van der Waals surface area contributed by atoms with Crippen LogP contribution in [0.1, 0.15) is 29.9 Å². The summed E-state index contributed by atoms with van der Waals surface area (Å²) in [6.07, 6.45) is 0. The van der Waals surface area contributed by atoms with Crippen LogP contribution in [0, 0.1) is 29.8 Å². The maximum absolute atomic E-state index is 13.6. The van der Waals surface area contributed by atoms with Crippen molar-refractivity contribution in [3.63, 3.8) is 0 Å². The first kappa shape index (κ1) is 15.0. The van der Waals surface area contributed by atoms with Crippen LogP contribution in [0.15, 0.2) is 18.2 Å². The molecule has 6 nitrogen and oxygen atoms in total. The van der Waals surface area contributed by atoms with Crippen LogP contribution in [-0.2, 0) is 7.05 Å². The summed E-state index contributed by atoms with van der Waals surface area (Å²) in [6.45, 7) is 5.19. The largest absolute Gasteiger partial charge is 0.406 e. The molecule has 0 saturated carbocycles. The average Bonchev–Trinajstić information content (AvgIpc) is 2.70. The molecule has 1 N–H and O–H groups in total. The molecule has 0 aliphatic carbocycles. The summed E-state index contributed by atoms with van der Waals surface area (Å²) in [4.78, 5) is 14.4. The van der Waals surface area contributed by atoms with Gasteiger partial charge >= 0.3 is 5.82 Å². The van der Waals surface area contributed by atoms with E-state index in [4.69, 9.17) is 0 Å². The van der Waals surface area contributed by atoms with Gasteiger partial charge in [0.25, 0.3) is 0 Å². The number of imidazole rings is 1. The van der Waals surface area contributed by atoms with E-state index in [0.29, 0.717) is 22.8 Å². The highest BCUT2D eigenvalue weighted by Crippen LogP contribution is 2.28. The molecule has 1 unspecified atom stereocenters. The van der Waals surface area contributed by atoms with Gasteiger partial charge in [0.05, 0.1) is 6.04 Å². The predicted octanol–water partition coefficient (Wildman–Crippen LogP) is 3.26. The van der Waals surface area contributed by atoms with E-state index in [1.54, 1.807) is 37.6 Å². The molecule has 7 heteroatoms. The van der Waals surface area contributed by atoms with Crippen molar-refractivity contribution in [2.24, 2.45) is 7.05 Å². The summed E-state index contributed by atoms with van der Waals surface area (Å²) in [6, 6.07) is 4.63. The number of halogens is 1. The van der Waals surface area contributed by atoms with Crippen molar-refractivity contribution in [1.29, 1.82) is 0 Å². The average molecular weight is 292 g/mol. The Morgan fingerprint density at radius 2 is 2.10 bits per heavy atom. The van der Waals surface area contributed by atoms with E-state index >= 15 is 0 Å². The van der Waals surface area contributed by atoms with Crippen molar-refractivity contribution in [1.82, 2.24) is 9.55 Å². The highest BCUT2D eigenvalue weighted by Gasteiger charge is 2.25. The molecule has 1 aromatic heterocycles. The molecule has 1 heterocycles. The number of nitrogens with zero attached hydrogens (tertiary/aromatic N) is 3. The van der Waals surface area contributed by atoms with Gasteiger partial charge in [0.1, 0.15) is 5.82 Å². The maximum atomic E-state index is 13.6. The van der Waals surface area contributed by atoms with Gasteiger partial charge in [-0.25, -0.2) is 4.39 Å². The fourth-order valence-electron chi connectivity index (χ4n) is 2.05. The summed E-state index contributed by atoms with van der Waals surface area (Å²) in [5.74, 6) is 0.323. The van der Waals surface area contributed by atoms with E-state index in [0.717, 1.165) is 0 Å². The summed E-state index contributed by atoms with van der Waals surface area (Å²) in [5, 5.41) is 14.1. The zero-order valence-corrected chi connectivity index (χ0v) is 12.3. The van der Waals surface area contributed by atoms with Crippen molar-refractivity contribution >= 4 is 11.6 Å². The molecule has 0 bridgehead atoms. The van der Waals surface area contributed by atoms with Gasteiger partial charge in [-0.05, 0) is 40.9 Å². The van der Waals surface area contributed by atoms with Crippen LogP contribution in [0.5, 0.6) is 0 Å². The van der Waals surface area contributed by atoms with Gasteiger partial charge in [0.15, 0.2) is 0 Å². The molecule has 0 aliphatic heterocycles. The summed E-state index contributed by atoms with van der Waals surface area (Å²) in [5.41, 5.74) is 1.28. The quantitative estimate of drug-likeness (QED) is 0.693. The van der Waals surface area contributed by atoms with E-state index in [2.05, 4.69) is 10.3 Å². The smallest absolute Gasteiger partial charge is 0.358 e. The Balaban J connectivity index is 2.33. The highest BCUT2D eigenvalue weighted by atomic mass is 19.1. The Morgan fingerprint density at radius 1 is 1.43 bits per heavy atom. The zero-order chi connectivity index (χ0) is 15.7. The molecule has 0 saturated heterocycles. The Hall–Kier alpha value is -2.44. The molecule has 2 rings (SSSR count). The van der Waals surface area contributed by atoms with Crippen LogP contribution in [-0.4, -0.2) is 14.5 Å². The lowest BCUT2D eigenvalue weighted by Gasteiger charge is -2.16. The van der Waals surface area contributed by atoms with Gasteiger partial charge in [-0.1, -0.05) is 12.1 Å². The van der Waals surface area contributed by atoms with Crippen molar-refractivity contribution in [3.8, 4) is 0 Å². The second-order valence-corrected chi connectivity index (χ2v) is 5.02. The van der Waals surface area contributed by atoms with Crippen LogP contribution < -0.4 is 5.32 Å². The standard InChI is InChI=1S/C14H17FN4O2/c1-8-5-6-11(7-12(8)15)9(2)16-13-14(19(20)21)17-10(3)18(13)4/h5-7,9,16H,1-4H3. The first-order valence-corrected chi connectivity index (χ1v) is 6.51. The summed E-state index contributed by atoms with van der Waals surface area (Å²) < 4.78 is 15.2. The molecular formula is C14H17FN4O2. The number of nitro groups is 1. The van der Waals surface area contributed by atoms with Gasteiger partial charge in [-0.3, -0.25) is 4.57 Å². The number of nitrogens with one attached hydrogen (secondary N) is 1. The second-order valence-electron chi connectivity index (χ2n) is 5.02. The minimum absolute atomic E-state index is 0.227. The van der Waals surface area contributed by atoms with Crippen molar-refractivity contribution in [3.05, 3.63) is 51.1 Å². The minimum Gasteiger partial charge on any atom is -0.358 e. The van der Waals surface area contributed by atoms with E-state index in [-0.39, 0.29) is 17.7 Å². The van der Waals surface area contributed by atoms with Gasteiger partial charge in [0, 0.05) is 14.0 Å². The zero-order valence-electron chi connectivity index (χ0n) is 12.3. The topological polar surface area (TPSA) is 73.0 Å².